The van der Waals surface area contributed by atoms with Gasteiger partial charge in [0.15, 0.2) is 0 Å². The molecule has 0 aliphatic carbocycles. The van der Waals surface area contributed by atoms with Gasteiger partial charge >= 0.3 is 0 Å². The third-order valence-corrected chi connectivity index (χ3v) is 5.67. The average Bonchev–Trinajstić information content (AvgIpc) is 2.71. The molecule has 0 spiro atoms. The Morgan fingerprint density at radius 2 is 1.77 bits per heavy atom. The van der Waals surface area contributed by atoms with E-state index in [2.05, 4.69) is 15.2 Å². The monoisotopic (exact) mass is 425 g/mol. The van der Waals surface area contributed by atoms with Crippen molar-refractivity contribution in [2.75, 3.05) is 4.72 Å². The maximum Gasteiger partial charge on any atom is 0.271 e. The lowest BCUT2D eigenvalue weighted by atomic mass is 10.1. The number of carbonyl (C=O) groups is 1. The van der Waals surface area contributed by atoms with Crippen molar-refractivity contribution < 1.29 is 17.6 Å². The van der Waals surface area contributed by atoms with Crippen LogP contribution in [-0.4, -0.2) is 20.5 Å². The van der Waals surface area contributed by atoms with Crippen LogP contribution in [0.2, 0.25) is 0 Å². The van der Waals surface area contributed by atoms with Gasteiger partial charge < -0.3 is 0 Å². The minimum absolute atomic E-state index is 0.0618. The zero-order chi connectivity index (χ0) is 21.7. The van der Waals surface area contributed by atoms with E-state index < -0.39 is 21.7 Å². The lowest BCUT2D eigenvalue weighted by Crippen LogP contribution is -2.19. The number of rotatable bonds is 6. The molecule has 0 saturated carbocycles. The first kappa shape index (κ1) is 21.2. The van der Waals surface area contributed by atoms with Crippen LogP contribution in [-0.2, 0) is 10.0 Å². The number of hydrazone groups is 1. The standard InChI is InChI=1S/C22H20FN3O3S/c1-15-10-11-21(16(2)12-15)26-30(28,29)19-8-5-7-17(13-19)22(27)25-24-14-18-6-3-4-9-20(18)23/h3-14,26H,1-2H3,(H,25,27)/b24-14-. The fourth-order valence-electron chi connectivity index (χ4n) is 2.74. The van der Waals surface area contributed by atoms with E-state index in [0.29, 0.717) is 5.69 Å². The molecule has 3 aromatic carbocycles. The number of aryl methyl sites for hydroxylation is 2. The van der Waals surface area contributed by atoms with Crippen LogP contribution < -0.4 is 10.1 Å². The molecule has 0 radical (unpaired) electrons. The molecule has 3 aromatic rings. The SMILES string of the molecule is Cc1ccc(NS(=O)(=O)c2cccc(C(=O)N/N=C\c3ccccc3F)c2)c(C)c1. The molecule has 0 atom stereocenters. The number of hydrogen-bond acceptors (Lipinski definition) is 4. The van der Waals surface area contributed by atoms with Crippen molar-refractivity contribution in [1.82, 2.24) is 5.43 Å². The van der Waals surface area contributed by atoms with Gasteiger partial charge in [-0.25, -0.2) is 18.2 Å². The van der Waals surface area contributed by atoms with Crippen molar-refractivity contribution in [3.05, 3.63) is 94.8 Å². The Bertz CT molecular complexity index is 1220. The number of amides is 1. The van der Waals surface area contributed by atoms with Crippen molar-refractivity contribution in [2.45, 2.75) is 18.7 Å². The first-order valence-corrected chi connectivity index (χ1v) is 10.5. The number of carbonyl (C=O) groups excluding carboxylic acids is 1. The lowest BCUT2D eigenvalue weighted by Gasteiger charge is -2.12. The fourth-order valence-corrected chi connectivity index (χ4v) is 3.92. The van der Waals surface area contributed by atoms with Gasteiger partial charge in [0.2, 0.25) is 0 Å². The summed E-state index contributed by atoms with van der Waals surface area (Å²) in [5, 5.41) is 3.73. The van der Waals surface area contributed by atoms with Crippen molar-refractivity contribution >= 4 is 27.8 Å². The maximum absolute atomic E-state index is 13.6. The highest BCUT2D eigenvalue weighted by molar-refractivity contribution is 7.92. The van der Waals surface area contributed by atoms with Gasteiger partial charge in [-0.2, -0.15) is 5.10 Å². The topological polar surface area (TPSA) is 87.6 Å². The molecule has 0 unspecified atom stereocenters. The molecule has 154 valence electrons. The van der Waals surface area contributed by atoms with E-state index in [1.807, 2.05) is 26.0 Å². The second kappa shape index (κ2) is 8.87. The minimum atomic E-state index is -3.89. The molecular formula is C22H20FN3O3S. The number of benzene rings is 3. The van der Waals surface area contributed by atoms with Crippen LogP contribution in [0, 0.1) is 19.7 Å². The third kappa shape index (κ3) is 5.09. The van der Waals surface area contributed by atoms with Crippen molar-refractivity contribution in [3.63, 3.8) is 0 Å². The molecule has 6 nitrogen and oxygen atoms in total. The highest BCUT2D eigenvalue weighted by Gasteiger charge is 2.17. The highest BCUT2D eigenvalue weighted by Crippen LogP contribution is 2.21. The smallest absolute Gasteiger partial charge is 0.271 e. The van der Waals surface area contributed by atoms with Crippen LogP contribution in [0.5, 0.6) is 0 Å². The first-order valence-electron chi connectivity index (χ1n) is 9.04. The van der Waals surface area contributed by atoms with Crippen LogP contribution in [0.4, 0.5) is 10.1 Å². The number of halogens is 1. The van der Waals surface area contributed by atoms with Crippen molar-refractivity contribution in [1.29, 1.82) is 0 Å². The summed E-state index contributed by atoms with van der Waals surface area (Å²) in [4.78, 5) is 12.3. The quantitative estimate of drug-likeness (QED) is 0.462. The van der Waals surface area contributed by atoms with Crippen molar-refractivity contribution in [3.8, 4) is 0 Å². The van der Waals surface area contributed by atoms with Crippen LogP contribution >= 0.6 is 0 Å². The molecule has 30 heavy (non-hydrogen) atoms. The first-order chi connectivity index (χ1) is 14.3. The normalized spacial score (nSPS) is 11.4. The number of nitrogens with zero attached hydrogens (tertiary/aromatic N) is 1. The van der Waals surface area contributed by atoms with Crippen LogP contribution in [0.1, 0.15) is 27.0 Å². The summed E-state index contributed by atoms with van der Waals surface area (Å²) >= 11 is 0. The Kier molecular flexibility index (Phi) is 6.27. The predicted octanol–water partition coefficient (Wildman–Crippen LogP) is 4.01. The number of sulfonamides is 1. The summed E-state index contributed by atoms with van der Waals surface area (Å²) in [6.07, 6.45) is 1.18. The van der Waals surface area contributed by atoms with E-state index in [1.165, 1.54) is 42.6 Å². The minimum Gasteiger partial charge on any atom is -0.279 e. The molecule has 0 aromatic heterocycles. The van der Waals surface area contributed by atoms with Crippen molar-refractivity contribution in [2.24, 2.45) is 5.10 Å². The van der Waals surface area contributed by atoms with Gasteiger partial charge in [-0.3, -0.25) is 9.52 Å². The molecule has 0 fully saturated rings. The summed E-state index contributed by atoms with van der Waals surface area (Å²) in [5.41, 5.74) is 4.85. The molecule has 0 saturated heterocycles. The zero-order valence-corrected chi connectivity index (χ0v) is 17.2. The van der Waals surface area contributed by atoms with Crippen LogP contribution in [0.3, 0.4) is 0 Å². The largest absolute Gasteiger partial charge is 0.279 e. The maximum atomic E-state index is 13.6. The summed E-state index contributed by atoms with van der Waals surface area (Å²) in [5.74, 6) is -1.09. The molecule has 3 rings (SSSR count). The van der Waals surface area contributed by atoms with Gasteiger partial charge in [0.1, 0.15) is 5.82 Å². The van der Waals surface area contributed by atoms with E-state index in [0.717, 1.165) is 11.1 Å². The van der Waals surface area contributed by atoms with E-state index in [9.17, 15) is 17.6 Å². The molecule has 0 aliphatic heterocycles. The van der Waals surface area contributed by atoms with E-state index >= 15 is 0 Å². The van der Waals surface area contributed by atoms with Gasteiger partial charge in [0, 0.05) is 11.1 Å². The highest BCUT2D eigenvalue weighted by atomic mass is 32.2. The van der Waals surface area contributed by atoms with Crippen LogP contribution in [0.15, 0.2) is 76.7 Å². The number of anilines is 1. The Morgan fingerprint density at radius 3 is 2.50 bits per heavy atom. The fraction of sp³-hybridized carbons (Fsp3) is 0.0909. The van der Waals surface area contributed by atoms with Gasteiger partial charge in [0.25, 0.3) is 15.9 Å². The molecule has 1 amide bonds. The van der Waals surface area contributed by atoms with E-state index in [1.54, 1.807) is 18.2 Å². The number of nitrogens with one attached hydrogen (secondary N) is 2. The molecule has 0 heterocycles. The van der Waals surface area contributed by atoms with E-state index in [-0.39, 0.29) is 16.0 Å². The molecule has 8 heteroatoms. The van der Waals surface area contributed by atoms with E-state index in [4.69, 9.17) is 0 Å². The molecule has 2 N–H and O–H groups in total. The third-order valence-electron chi connectivity index (χ3n) is 4.31. The Morgan fingerprint density at radius 1 is 1.00 bits per heavy atom. The average molecular weight is 425 g/mol. The Hall–Kier alpha value is -3.52. The van der Waals surface area contributed by atoms with Gasteiger partial charge in [-0.15, -0.1) is 0 Å². The summed E-state index contributed by atoms with van der Waals surface area (Å²) in [7, 11) is -3.89. The molecule has 0 bridgehead atoms. The van der Waals surface area contributed by atoms with Gasteiger partial charge in [-0.05, 0) is 49.7 Å². The van der Waals surface area contributed by atoms with Gasteiger partial charge in [-0.1, -0.05) is 42.0 Å². The summed E-state index contributed by atoms with van der Waals surface area (Å²) in [6.45, 7) is 3.73. The Balaban J connectivity index is 1.76. The second-order valence-corrected chi connectivity index (χ2v) is 8.35. The predicted molar refractivity (Wildman–Crippen MR) is 115 cm³/mol. The summed E-state index contributed by atoms with van der Waals surface area (Å²) < 4.78 is 41.6. The van der Waals surface area contributed by atoms with Gasteiger partial charge in [0.05, 0.1) is 16.8 Å². The molecule has 0 aliphatic rings. The zero-order valence-electron chi connectivity index (χ0n) is 16.4. The second-order valence-electron chi connectivity index (χ2n) is 6.67. The summed E-state index contributed by atoms with van der Waals surface area (Å²) in [6, 6.07) is 16.9. The number of hydrogen-bond donors (Lipinski definition) is 2. The lowest BCUT2D eigenvalue weighted by molar-refractivity contribution is 0.0955. The molecular weight excluding hydrogens is 405 g/mol. The van der Waals surface area contributed by atoms with Crippen LogP contribution in [0.25, 0.3) is 0 Å². The Labute approximate surface area is 174 Å².